The van der Waals surface area contributed by atoms with E-state index in [1.807, 2.05) is 0 Å². The number of nitrogens with zero attached hydrogens (tertiary/aromatic N) is 2. The molecule has 0 radical (unpaired) electrons. The molecule has 1 saturated heterocycles. The van der Waals surface area contributed by atoms with Gasteiger partial charge in [-0.25, -0.2) is 0 Å². The first-order valence-corrected chi connectivity index (χ1v) is 7.43. The number of hydrogen-bond acceptors (Lipinski definition) is 6. The maximum atomic E-state index is 11.6. The number of nitrogens with one attached hydrogen (secondary N) is 1. The van der Waals surface area contributed by atoms with Gasteiger partial charge in [-0.15, -0.1) is 5.10 Å². The van der Waals surface area contributed by atoms with Gasteiger partial charge in [0.05, 0.1) is 12.1 Å². The van der Waals surface area contributed by atoms with Gasteiger partial charge in [-0.2, -0.15) is 5.10 Å². The van der Waals surface area contributed by atoms with Gasteiger partial charge in [0, 0.05) is 10.6 Å². The molecule has 0 spiro atoms. The number of aliphatic carboxylic acids is 1. The Morgan fingerprint density at radius 1 is 1.50 bits per heavy atom. The molecule has 22 heavy (non-hydrogen) atoms. The number of hydrogen-bond donors (Lipinski definition) is 3. The molecule has 1 amide bonds. The summed E-state index contributed by atoms with van der Waals surface area (Å²) in [4.78, 5) is 22.2. The molecule has 1 heterocycles. The maximum Gasteiger partial charge on any atom is 0.305 e. The number of thioether (sulfide) groups is 1. The first-order valence-electron chi connectivity index (χ1n) is 6.17. The fraction of sp³-hybridized carbons (Fsp3) is 0.231. The lowest BCUT2D eigenvalue weighted by molar-refractivity contribution is -0.138. The summed E-state index contributed by atoms with van der Waals surface area (Å²) in [5.74, 6) is -1.46. The molecule has 7 nitrogen and oxygen atoms in total. The van der Waals surface area contributed by atoms with E-state index in [4.69, 9.17) is 16.7 Å². The Bertz CT molecular complexity index is 690. The molecule has 0 bridgehead atoms. The van der Waals surface area contributed by atoms with Crippen molar-refractivity contribution in [3.8, 4) is 5.75 Å². The predicted molar refractivity (Wildman–Crippen MR) is 84.5 cm³/mol. The number of phenols is 1. The number of amides is 1. The van der Waals surface area contributed by atoms with Gasteiger partial charge in [-0.1, -0.05) is 23.4 Å². The van der Waals surface area contributed by atoms with Gasteiger partial charge in [0.1, 0.15) is 11.0 Å². The number of carboxylic acid groups (broad SMARTS) is 1. The molecule has 1 fully saturated rings. The van der Waals surface area contributed by atoms with Gasteiger partial charge in [0.15, 0.2) is 5.17 Å². The zero-order chi connectivity index (χ0) is 16.3. The monoisotopic (exact) mass is 341 g/mol. The maximum absolute atomic E-state index is 11.6. The number of rotatable bonds is 4. The number of halogens is 1. The molecule has 1 aliphatic heterocycles. The molecular formula is C13H12ClN3O4S. The van der Waals surface area contributed by atoms with Crippen molar-refractivity contribution in [2.45, 2.75) is 18.6 Å². The van der Waals surface area contributed by atoms with Crippen molar-refractivity contribution in [3.05, 3.63) is 28.8 Å². The van der Waals surface area contributed by atoms with E-state index >= 15 is 0 Å². The first kappa shape index (κ1) is 16.3. The minimum Gasteiger partial charge on any atom is -0.507 e. The van der Waals surface area contributed by atoms with Crippen LogP contribution in [0.25, 0.3) is 0 Å². The zero-order valence-electron chi connectivity index (χ0n) is 11.4. The zero-order valence-corrected chi connectivity index (χ0v) is 13.0. The van der Waals surface area contributed by atoms with Crippen molar-refractivity contribution in [1.82, 2.24) is 5.32 Å². The number of amidine groups is 1. The van der Waals surface area contributed by atoms with Gasteiger partial charge in [-0.05, 0) is 25.1 Å². The van der Waals surface area contributed by atoms with Gasteiger partial charge in [0.25, 0.3) is 0 Å². The fourth-order valence-electron chi connectivity index (χ4n) is 1.72. The minimum absolute atomic E-state index is 0.0118. The molecule has 0 aliphatic carbocycles. The lowest BCUT2D eigenvalue weighted by Gasteiger charge is -2.03. The largest absolute Gasteiger partial charge is 0.507 e. The van der Waals surface area contributed by atoms with Crippen LogP contribution in [0.2, 0.25) is 5.02 Å². The lowest BCUT2D eigenvalue weighted by atomic mass is 10.1. The van der Waals surface area contributed by atoms with Crippen molar-refractivity contribution in [3.63, 3.8) is 0 Å². The summed E-state index contributed by atoms with van der Waals surface area (Å²) in [7, 11) is 0. The van der Waals surface area contributed by atoms with Gasteiger partial charge in [0.2, 0.25) is 5.91 Å². The van der Waals surface area contributed by atoms with E-state index in [1.54, 1.807) is 19.1 Å². The van der Waals surface area contributed by atoms with Crippen LogP contribution in [0.4, 0.5) is 0 Å². The fourth-order valence-corrected chi connectivity index (χ4v) is 2.80. The van der Waals surface area contributed by atoms with Crippen LogP contribution in [0.15, 0.2) is 28.4 Å². The molecule has 1 aliphatic rings. The van der Waals surface area contributed by atoms with E-state index in [0.717, 1.165) is 11.8 Å². The average molecular weight is 342 g/mol. The molecule has 3 N–H and O–H groups in total. The van der Waals surface area contributed by atoms with Crippen LogP contribution in [0.5, 0.6) is 5.75 Å². The third-order valence-corrected chi connectivity index (χ3v) is 4.08. The molecule has 1 atom stereocenters. The van der Waals surface area contributed by atoms with Crippen LogP contribution in [0, 0.1) is 0 Å². The van der Waals surface area contributed by atoms with E-state index in [2.05, 4.69) is 15.5 Å². The second-order valence-electron chi connectivity index (χ2n) is 4.45. The van der Waals surface area contributed by atoms with Crippen molar-refractivity contribution in [2.24, 2.45) is 10.2 Å². The second kappa shape index (κ2) is 6.80. The SMILES string of the molecule is C/C(=N/N=C1/NC(=O)[C@H](CC(=O)O)S1)c1cc(Cl)ccc1O. The normalized spacial score (nSPS) is 20.3. The average Bonchev–Trinajstić information content (AvgIpc) is 2.78. The topological polar surface area (TPSA) is 111 Å². The summed E-state index contributed by atoms with van der Waals surface area (Å²) in [6, 6.07) is 4.53. The Hall–Kier alpha value is -2.06. The predicted octanol–water partition coefficient (Wildman–Crippen LogP) is 1.83. The third-order valence-electron chi connectivity index (χ3n) is 2.78. The standard InChI is InChI=1S/C13H12ClN3O4S/c1-6(8-4-7(14)2-3-9(8)18)16-17-13-15-12(21)10(22-13)5-11(19)20/h2-4,10,18H,5H2,1H3,(H,19,20)(H,15,17,21)/b16-6-/t10-/m0/s1. The highest BCUT2D eigenvalue weighted by Crippen LogP contribution is 2.24. The Labute approximate surface area is 135 Å². The highest BCUT2D eigenvalue weighted by atomic mass is 35.5. The van der Waals surface area contributed by atoms with Gasteiger partial charge in [-0.3, -0.25) is 9.59 Å². The Balaban J connectivity index is 2.15. The van der Waals surface area contributed by atoms with Gasteiger partial charge < -0.3 is 15.5 Å². The molecule has 0 aromatic heterocycles. The van der Waals surface area contributed by atoms with E-state index in [0.29, 0.717) is 16.3 Å². The molecule has 116 valence electrons. The van der Waals surface area contributed by atoms with Crippen LogP contribution in [0.3, 0.4) is 0 Å². The second-order valence-corrected chi connectivity index (χ2v) is 6.07. The smallest absolute Gasteiger partial charge is 0.305 e. The van der Waals surface area contributed by atoms with E-state index in [9.17, 15) is 14.7 Å². The third kappa shape index (κ3) is 3.99. The molecule has 1 aromatic rings. The molecular weight excluding hydrogens is 330 g/mol. The summed E-state index contributed by atoms with van der Waals surface area (Å²) in [5.41, 5.74) is 0.831. The van der Waals surface area contributed by atoms with E-state index < -0.39 is 17.1 Å². The van der Waals surface area contributed by atoms with Crippen molar-refractivity contribution in [1.29, 1.82) is 0 Å². The number of carbonyl (C=O) groups is 2. The number of carboxylic acids is 1. The number of phenolic OH excluding ortho intramolecular Hbond substituents is 1. The highest BCUT2D eigenvalue weighted by molar-refractivity contribution is 8.15. The van der Waals surface area contributed by atoms with Crippen molar-refractivity contribution >= 4 is 46.1 Å². The van der Waals surface area contributed by atoms with E-state index in [-0.39, 0.29) is 17.3 Å². The summed E-state index contributed by atoms with van der Waals surface area (Å²) >= 11 is 6.86. The van der Waals surface area contributed by atoms with Crippen LogP contribution < -0.4 is 5.32 Å². The molecule has 0 unspecified atom stereocenters. The van der Waals surface area contributed by atoms with Crippen LogP contribution in [0.1, 0.15) is 18.9 Å². The summed E-state index contributed by atoms with van der Waals surface area (Å²) in [5, 5.41) is 28.7. The number of aromatic hydroxyl groups is 1. The Morgan fingerprint density at radius 2 is 2.23 bits per heavy atom. The first-order chi connectivity index (χ1) is 10.4. The van der Waals surface area contributed by atoms with E-state index in [1.165, 1.54) is 6.07 Å². The summed E-state index contributed by atoms with van der Waals surface area (Å²) in [6.07, 6.45) is -0.284. The van der Waals surface area contributed by atoms with Crippen LogP contribution in [-0.2, 0) is 9.59 Å². The van der Waals surface area contributed by atoms with Crippen molar-refractivity contribution < 1.29 is 19.8 Å². The quantitative estimate of drug-likeness (QED) is 0.571. The minimum atomic E-state index is -1.06. The Kier molecular flexibility index (Phi) is 5.04. The molecule has 2 rings (SSSR count). The summed E-state index contributed by atoms with van der Waals surface area (Å²) < 4.78 is 0. The summed E-state index contributed by atoms with van der Waals surface area (Å²) in [6.45, 7) is 1.63. The van der Waals surface area contributed by atoms with Crippen molar-refractivity contribution in [2.75, 3.05) is 0 Å². The molecule has 9 heteroatoms. The van der Waals surface area contributed by atoms with Crippen LogP contribution >= 0.6 is 23.4 Å². The molecule has 0 saturated carbocycles. The van der Waals surface area contributed by atoms with Crippen LogP contribution in [-0.4, -0.2) is 38.2 Å². The molecule has 1 aromatic carbocycles. The Morgan fingerprint density at radius 3 is 2.91 bits per heavy atom. The number of carbonyl (C=O) groups excluding carboxylic acids is 1. The lowest BCUT2D eigenvalue weighted by Crippen LogP contribution is -2.26. The van der Waals surface area contributed by atoms with Gasteiger partial charge >= 0.3 is 5.97 Å². The number of benzene rings is 1. The highest BCUT2D eigenvalue weighted by Gasteiger charge is 2.32.